The molecular weight excluding hydrogens is 274 g/mol. The molecule has 3 rings (SSSR count). The first-order valence-corrected chi connectivity index (χ1v) is 7.96. The van der Waals surface area contributed by atoms with E-state index in [0.29, 0.717) is 29.9 Å². The van der Waals surface area contributed by atoms with Crippen molar-refractivity contribution in [3.05, 3.63) is 59.9 Å². The van der Waals surface area contributed by atoms with Crippen LogP contribution in [-0.4, -0.2) is 17.9 Å². The largest absolute Gasteiger partial charge is 0.491 e. The monoisotopic (exact) mass is 295 g/mol. The zero-order chi connectivity index (χ0) is 15.2. The fraction of sp³-hybridized carbons (Fsp3) is 0.368. The first-order valence-electron chi connectivity index (χ1n) is 7.96. The van der Waals surface area contributed by atoms with Crippen molar-refractivity contribution in [2.45, 2.75) is 31.6 Å². The third kappa shape index (κ3) is 3.35. The van der Waals surface area contributed by atoms with Gasteiger partial charge < -0.3 is 4.74 Å². The number of aldehydes is 1. The Labute approximate surface area is 131 Å². The minimum atomic E-state index is 0.384. The van der Waals surface area contributed by atoms with Crippen LogP contribution in [0.1, 0.15) is 47.7 Å². The van der Waals surface area contributed by atoms with Gasteiger partial charge >= 0.3 is 0 Å². The predicted octanol–water partition coefficient (Wildman–Crippen LogP) is 4.25. The molecule has 3 nitrogen and oxygen atoms in total. The standard InChI is InChI=1S/C19H21NO2/c21-13-18-19(11-6-12-20-18)22-14-16-9-4-5-10-17(16)15-7-2-1-3-8-15/h1-3,6-8,11-13,16-17H,4-5,9-10,14H2. The van der Waals surface area contributed by atoms with Crippen molar-refractivity contribution in [1.82, 2.24) is 4.98 Å². The molecule has 0 aliphatic heterocycles. The van der Waals surface area contributed by atoms with E-state index in [9.17, 15) is 4.79 Å². The molecule has 0 bridgehead atoms. The van der Waals surface area contributed by atoms with Crippen molar-refractivity contribution in [2.24, 2.45) is 5.92 Å². The van der Waals surface area contributed by atoms with E-state index in [0.717, 1.165) is 6.29 Å². The van der Waals surface area contributed by atoms with Gasteiger partial charge in [0, 0.05) is 6.20 Å². The number of pyridine rings is 1. The number of carbonyl (C=O) groups excluding carboxylic acids is 1. The number of rotatable bonds is 5. The lowest BCUT2D eigenvalue weighted by Crippen LogP contribution is -2.24. The second kappa shape index (κ2) is 7.21. The Balaban J connectivity index is 1.71. The van der Waals surface area contributed by atoms with E-state index in [2.05, 4.69) is 35.3 Å². The highest BCUT2D eigenvalue weighted by Gasteiger charge is 2.27. The minimum Gasteiger partial charge on any atom is -0.491 e. The Hall–Kier alpha value is -2.16. The van der Waals surface area contributed by atoms with E-state index in [1.54, 1.807) is 12.3 Å². The van der Waals surface area contributed by atoms with Crippen LogP contribution in [0, 0.1) is 5.92 Å². The molecule has 1 aliphatic rings. The third-order valence-electron chi connectivity index (χ3n) is 4.50. The fourth-order valence-electron chi connectivity index (χ4n) is 3.36. The third-order valence-corrected chi connectivity index (χ3v) is 4.50. The van der Waals surface area contributed by atoms with Crippen molar-refractivity contribution in [3.8, 4) is 5.75 Å². The molecule has 1 fully saturated rings. The molecule has 22 heavy (non-hydrogen) atoms. The lowest BCUT2D eigenvalue weighted by molar-refractivity contribution is 0.111. The number of hydrogen-bond acceptors (Lipinski definition) is 3. The van der Waals surface area contributed by atoms with Gasteiger partial charge in [0.25, 0.3) is 0 Å². The summed E-state index contributed by atoms with van der Waals surface area (Å²) in [6.45, 7) is 0.645. The van der Waals surface area contributed by atoms with Crippen LogP contribution >= 0.6 is 0 Å². The van der Waals surface area contributed by atoms with Gasteiger partial charge in [-0.15, -0.1) is 0 Å². The summed E-state index contributed by atoms with van der Waals surface area (Å²) in [5.41, 5.74) is 1.78. The molecule has 2 aromatic rings. The highest BCUT2D eigenvalue weighted by molar-refractivity contribution is 5.75. The molecule has 1 saturated carbocycles. The maximum absolute atomic E-state index is 11.0. The van der Waals surface area contributed by atoms with Crippen LogP contribution in [0.2, 0.25) is 0 Å². The Morgan fingerprint density at radius 1 is 1.09 bits per heavy atom. The lowest BCUT2D eigenvalue weighted by atomic mass is 9.76. The molecule has 0 spiro atoms. The number of ether oxygens (including phenoxy) is 1. The van der Waals surface area contributed by atoms with Crippen LogP contribution in [0.5, 0.6) is 5.75 Å². The molecule has 2 unspecified atom stereocenters. The van der Waals surface area contributed by atoms with Gasteiger partial charge in [-0.3, -0.25) is 4.79 Å². The van der Waals surface area contributed by atoms with Crippen LogP contribution in [0.3, 0.4) is 0 Å². The van der Waals surface area contributed by atoms with Gasteiger partial charge in [0.1, 0.15) is 11.4 Å². The van der Waals surface area contributed by atoms with E-state index < -0.39 is 0 Å². The van der Waals surface area contributed by atoms with Crippen LogP contribution < -0.4 is 4.74 Å². The highest BCUT2D eigenvalue weighted by Crippen LogP contribution is 2.38. The molecule has 0 N–H and O–H groups in total. The van der Waals surface area contributed by atoms with E-state index in [4.69, 9.17) is 4.74 Å². The highest BCUT2D eigenvalue weighted by atomic mass is 16.5. The van der Waals surface area contributed by atoms with Gasteiger partial charge in [-0.1, -0.05) is 43.2 Å². The van der Waals surface area contributed by atoms with Crippen molar-refractivity contribution in [2.75, 3.05) is 6.61 Å². The van der Waals surface area contributed by atoms with Crippen molar-refractivity contribution in [1.29, 1.82) is 0 Å². The molecule has 114 valence electrons. The summed E-state index contributed by atoms with van der Waals surface area (Å²) >= 11 is 0. The van der Waals surface area contributed by atoms with Crippen LogP contribution in [0.15, 0.2) is 48.7 Å². The Kier molecular flexibility index (Phi) is 4.84. The van der Waals surface area contributed by atoms with E-state index in [1.165, 1.54) is 31.2 Å². The molecule has 3 heteroatoms. The van der Waals surface area contributed by atoms with Gasteiger partial charge in [0.2, 0.25) is 0 Å². The Morgan fingerprint density at radius 3 is 2.73 bits per heavy atom. The maximum atomic E-state index is 11.0. The molecule has 1 heterocycles. The summed E-state index contributed by atoms with van der Waals surface area (Å²) in [7, 11) is 0. The molecule has 1 aromatic carbocycles. The molecule has 2 atom stereocenters. The SMILES string of the molecule is O=Cc1ncccc1OCC1CCCCC1c1ccccc1. The minimum absolute atomic E-state index is 0.384. The van der Waals surface area contributed by atoms with Crippen LogP contribution in [-0.2, 0) is 0 Å². The van der Waals surface area contributed by atoms with Gasteiger partial charge in [-0.05, 0) is 42.4 Å². The van der Waals surface area contributed by atoms with Gasteiger partial charge in [0.15, 0.2) is 6.29 Å². The Morgan fingerprint density at radius 2 is 1.91 bits per heavy atom. The first kappa shape index (κ1) is 14.8. The molecule has 1 aliphatic carbocycles. The quantitative estimate of drug-likeness (QED) is 0.774. The molecule has 0 amide bonds. The number of benzene rings is 1. The fourth-order valence-corrected chi connectivity index (χ4v) is 3.36. The maximum Gasteiger partial charge on any atom is 0.172 e. The number of carbonyl (C=O) groups is 1. The van der Waals surface area contributed by atoms with Crippen molar-refractivity contribution in [3.63, 3.8) is 0 Å². The summed E-state index contributed by atoms with van der Waals surface area (Å²) in [5, 5.41) is 0. The van der Waals surface area contributed by atoms with Crippen LogP contribution in [0.25, 0.3) is 0 Å². The lowest BCUT2D eigenvalue weighted by Gasteiger charge is -2.31. The smallest absolute Gasteiger partial charge is 0.172 e. The molecular formula is C19H21NO2. The molecule has 0 radical (unpaired) electrons. The van der Waals surface area contributed by atoms with Crippen LogP contribution in [0.4, 0.5) is 0 Å². The average molecular weight is 295 g/mol. The molecule has 1 aromatic heterocycles. The zero-order valence-electron chi connectivity index (χ0n) is 12.7. The summed E-state index contributed by atoms with van der Waals surface area (Å²) in [6, 6.07) is 14.3. The van der Waals surface area contributed by atoms with Crippen molar-refractivity contribution < 1.29 is 9.53 Å². The number of aromatic nitrogens is 1. The van der Waals surface area contributed by atoms with Gasteiger partial charge in [-0.25, -0.2) is 4.98 Å². The summed E-state index contributed by atoms with van der Waals surface area (Å²) in [6.07, 6.45) is 7.30. The first-order chi connectivity index (χ1) is 10.9. The van der Waals surface area contributed by atoms with Crippen molar-refractivity contribution >= 4 is 6.29 Å². The van der Waals surface area contributed by atoms with E-state index in [1.807, 2.05) is 6.07 Å². The van der Waals surface area contributed by atoms with E-state index >= 15 is 0 Å². The zero-order valence-corrected chi connectivity index (χ0v) is 12.7. The predicted molar refractivity (Wildman–Crippen MR) is 86.3 cm³/mol. The topological polar surface area (TPSA) is 39.2 Å². The van der Waals surface area contributed by atoms with E-state index in [-0.39, 0.29) is 0 Å². The summed E-state index contributed by atoms with van der Waals surface area (Å²) in [4.78, 5) is 15.1. The van der Waals surface area contributed by atoms with Gasteiger partial charge in [0.05, 0.1) is 6.61 Å². The summed E-state index contributed by atoms with van der Waals surface area (Å²) < 4.78 is 5.93. The number of hydrogen-bond donors (Lipinski definition) is 0. The Bertz CT molecular complexity index is 612. The second-order valence-electron chi connectivity index (χ2n) is 5.88. The normalized spacial score (nSPS) is 21.3. The molecule has 0 saturated heterocycles. The summed E-state index contributed by atoms with van der Waals surface area (Å²) in [5.74, 6) is 1.64. The second-order valence-corrected chi connectivity index (χ2v) is 5.88. The van der Waals surface area contributed by atoms with Gasteiger partial charge in [-0.2, -0.15) is 0 Å². The average Bonchev–Trinajstić information content (AvgIpc) is 2.61. The number of nitrogens with zero attached hydrogens (tertiary/aromatic N) is 1.